The lowest BCUT2D eigenvalue weighted by Gasteiger charge is -2.20. The van der Waals surface area contributed by atoms with Gasteiger partial charge in [-0.05, 0) is 23.8 Å². The Labute approximate surface area is 200 Å². The van der Waals surface area contributed by atoms with Crippen LogP contribution in [-0.2, 0) is 21.2 Å². The standard InChI is InChI=1S/C24H21N3O5S2/c28-23(8-12-34(29,30)18-6-2-1-3-7-18)27(16-17-5-4-9-25-15-17)24-26-19-13-20-21(14-22(19)33-24)32-11-10-31-20/h1-7,9,13-15H,8,10-12,16H2. The van der Waals surface area contributed by atoms with E-state index in [9.17, 15) is 13.2 Å². The third-order valence-corrected chi connectivity index (χ3v) is 8.10. The van der Waals surface area contributed by atoms with E-state index in [1.54, 1.807) is 42.7 Å². The zero-order valence-corrected chi connectivity index (χ0v) is 19.7. The van der Waals surface area contributed by atoms with Gasteiger partial charge in [-0.1, -0.05) is 35.6 Å². The summed E-state index contributed by atoms with van der Waals surface area (Å²) >= 11 is 1.34. The van der Waals surface area contributed by atoms with Gasteiger partial charge in [0.2, 0.25) is 5.91 Å². The quantitative estimate of drug-likeness (QED) is 0.384. The van der Waals surface area contributed by atoms with Gasteiger partial charge in [0.25, 0.3) is 0 Å². The minimum atomic E-state index is -3.59. The molecule has 34 heavy (non-hydrogen) atoms. The van der Waals surface area contributed by atoms with Crippen LogP contribution in [0.3, 0.4) is 0 Å². The fourth-order valence-electron chi connectivity index (χ4n) is 3.61. The Kier molecular flexibility index (Phi) is 6.16. The number of hydrogen-bond acceptors (Lipinski definition) is 8. The van der Waals surface area contributed by atoms with Gasteiger partial charge in [0.1, 0.15) is 13.2 Å². The van der Waals surface area contributed by atoms with Crippen LogP contribution in [0.15, 0.2) is 71.9 Å². The maximum Gasteiger partial charge on any atom is 0.230 e. The van der Waals surface area contributed by atoms with Crippen LogP contribution >= 0.6 is 11.3 Å². The van der Waals surface area contributed by atoms with Crippen molar-refractivity contribution in [3.63, 3.8) is 0 Å². The van der Waals surface area contributed by atoms with Gasteiger partial charge in [-0.2, -0.15) is 0 Å². The third-order valence-electron chi connectivity index (χ3n) is 5.32. The summed E-state index contributed by atoms with van der Waals surface area (Å²) in [6.07, 6.45) is 3.16. The maximum absolute atomic E-state index is 13.3. The molecule has 4 aromatic rings. The molecule has 0 fully saturated rings. The van der Waals surface area contributed by atoms with Crippen LogP contribution in [0.1, 0.15) is 12.0 Å². The van der Waals surface area contributed by atoms with E-state index in [1.165, 1.54) is 28.4 Å². The number of ether oxygens (including phenoxy) is 2. The number of fused-ring (bicyclic) bond motifs is 2. The normalized spacial score (nSPS) is 13.1. The lowest BCUT2D eigenvalue weighted by atomic mass is 10.2. The number of amides is 1. The first-order valence-corrected chi connectivity index (χ1v) is 13.1. The molecule has 10 heteroatoms. The molecule has 1 amide bonds. The first-order chi connectivity index (χ1) is 16.5. The van der Waals surface area contributed by atoms with Crippen molar-refractivity contribution in [2.24, 2.45) is 0 Å². The van der Waals surface area contributed by atoms with E-state index < -0.39 is 9.84 Å². The van der Waals surface area contributed by atoms with Crippen molar-refractivity contribution < 1.29 is 22.7 Å². The number of aromatic nitrogens is 2. The van der Waals surface area contributed by atoms with E-state index in [4.69, 9.17) is 9.47 Å². The molecule has 2 aromatic heterocycles. The molecule has 0 aliphatic carbocycles. The highest BCUT2D eigenvalue weighted by atomic mass is 32.2. The number of carbonyl (C=O) groups excluding carboxylic acids is 1. The van der Waals surface area contributed by atoms with E-state index in [1.807, 2.05) is 12.1 Å². The van der Waals surface area contributed by atoms with Crippen LogP contribution in [0.25, 0.3) is 10.2 Å². The number of carbonyl (C=O) groups is 1. The number of hydrogen-bond donors (Lipinski definition) is 0. The minimum Gasteiger partial charge on any atom is -0.486 e. The van der Waals surface area contributed by atoms with Gasteiger partial charge in [-0.15, -0.1) is 0 Å². The smallest absolute Gasteiger partial charge is 0.230 e. The summed E-state index contributed by atoms with van der Waals surface area (Å²) in [6.45, 7) is 1.17. The summed E-state index contributed by atoms with van der Waals surface area (Å²) < 4.78 is 37.6. The predicted octanol–water partition coefficient (Wildman–Crippen LogP) is 3.86. The van der Waals surface area contributed by atoms with Crippen molar-refractivity contribution >= 4 is 42.4 Å². The highest BCUT2D eigenvalue weighted by Gasteiger charge is 2.24. The largest absolute Gasteiger partial charge is 0.486 e. The summed E-state index contributed by atoms with van der Waals surface area (Å²) in [5.74, 6) is 0.641. The zero-order valence-electron chi connectivity index (χ0n) is 18.1. The topological polar surface area (TPSA) is 98.7 Å². The molecule has 1 aliphatic rings. The van der Waals surface area contributed by atoms with Gasteiger partial charge in [0.15, 0.2) is 26.5 Å². The highest BCUT2D eigenvalue weighted by Crippen LogP contribution is 2.39. The molecule has 0 bridgehead atoms. The molecule has 0 N–H and O–H groups in total. The van der Waals surface area contributed by atoms with Crippen molar-refractivity contribution in [2.45, 2.75) is 17.9 Å². The van der Waals surface area contributed by atoms with E-state index in [0.717, 1.165) is 10.3 Å². The van der Waals surface area contributed by atoms with Crippen molar-refractivity contribution in [1.82, 2.24) is 9.97 Å². The SMILES string of the molecule is O=C(CCS(=O)(=O)c1ccccc1)N(Cc1cccnc1)c1nc2cc3c(cc2s1)OCCO3. The summed E-state index contributed by atoms with van der Waals surface area (Å²) in [5.41, 5.74) is 1.50. The zero-order chi connectivity index (χ0) is 23.5. The lowest BCUT2D eigenvalue weighted by molar-refractivity contribution is -0.118. The number of rotatable bonds is 7. The molecule has 0 spiro atoms. The Balaban J connectivity index is 1.44. The van der Waals surface area contributed by atoms with Gasteiger partial charge in [-0.3, -0.25) is 14.7 Å². The number of sulfone groups is 1. The average Bonchev–Trinajstić information content (AvgIpc) is 3.28. The second-order valence-electron chi connectivity index (χ2n) is 7.68. The van der Waals surface area contributed by atoms with Crippen LogP contribution in [0.2, 0.25) is 0 Å². The molecule has 8 nitrogen and oxygen atoms in total. The van der Waals surface area contributed by atoms with Crippen molar-refractivity contribution in [2.75, 3.05) is 23.9 Å². The van der Waals surface area contributed by atoms with E-state index in [2.05, 4.69) is 9.97 Å². The van der Waals surface area contributed by atoms with E-state index in [0.29, 0.717) is 35.4 Å². The average molecular weight is 496 g/mol. The van der Waals surface area contributed by atoms with Crippen molar-refractivity contribution in [1.29, 1.82) is 0 Å². The monoisotopic (exact) mass is 495 g/mol. The first kappa shape index (κ1) is 22.3. The molecule has 3 heterocycles. The van der Waals surface area contributed by atoms with Crippen LogP contribution in [0.5, 0.6) is 11.5 Å². The van der Waals surface area contributed by atoms with Crippen LogP contribution in [-0.4, -0.2) is 43.3 Å². The second kappa shape index (κ2) is 9.40. The summed E-state index contributed by atoms with van der Waals surface area (Å²) in [5, 5.41) is 0.475. The number of anilines is 1. The Hall–Kier alpha value is -3.50. The third kappa shape index (κ3) is 4.73. The minimum absolute atomic E-state index is 0.170. The molecule has 174 valence electrons. The van der Waals surface area contributed by atoms with Crippen LogP contribution < -0.4 is 14.4 Å². The summed E-state index contributed by atoms with van der Waals surface area (Å²) in [7, 11) is -3.59. The molecule has 0 unspecified atom stereocenters. The number of pyridine rings is 1. The molecular formula is C24H21N3O5S2. The Morgan fingerprint density at radius 3 is 2.53 bits per heavy atom. The summed E-state index contributed by atoms with van der Waals surface area (Å²) in [6, 6.07) is 15.5. The van der Waals surface area contributed by atoms with Gasteiger partial charge >= 0.3 is 0 Å². The predicted molar refractivity (Wildman–Crippen MR) is 129 cm³/mol. The van der Waals surface area contributed by atoms with Crippen LogP contribution in [0.4, 0.5) is 5.13 Å². The molecule has 2 aromatic carbocycles. The molecule has 5 rings (SSSR count). The Bertz CT molecular complexity index is 1380. The van der Waals surface area contributed by atoms with Crippen LogP contribution in [0, 0.1) is 0 Å². The Morgan fingerprint density at radius 1 is 1.03 bits per heavy atom. The number of nitrogens with zero attached hydrogens (tertiary/aromatic N) is 3. The van der Waals surface area contributed by atoms with Gasteiger partial charge < -0.3 is 9.47 Å². The second-order valence-corrected chi connectivity index (χ2v) is 10.8. The highest BCUT2D eigenvalue weighted by molar-refractivity contribution is 7.91. The fourth-order valence-corrected chi connectivity index (χ4v) is 5.85. The fraction of sp³-hybridized carbons (Fsp3) is 0.208. The number of thiazole rings is 1. The maximum atomic E-state index is 13.3. The number of benzene rings is 2. The molecule has 0 saturated carbocycles. The molecule has 0 atom stereocenters. The first-order valence-electron chi connectivity index (χ1n) is 10.7. The van der Waals surface area contributed by atoms with Gasteiger partial charge in [0.05, 0.1) is 27.4 Å². The van der Waals surface area contributed by atoms with E-state index >= 15 is 0 Å². The molecular weight excluding hydrogens is 474 g/mol. The lowest BCUT2D eigenvalue weighted by Crippen LogP contribution is -2.31. The Morgan fingerprint density at radius 2 is 1.79 bits per heavy atom. The summed E-state index contributed by atoms with van der Waals surface area (Å²) in [4.78, 5) is 23.8. The van der Waals surface area contributed by atoms with Gasteiger partial charge in [-0.25, -0.2) is 13.4 Å². The molecule has 1 aliphatic heterocycles. The van der Waals surface area contributed by atoms with E-state index in [-0.39, 0.29) is 29.5 Å². The molecule has 0 radical (unpaired) electrons. The van der Waals surface area contributed by atoms with Crippen molar-refractivity contribution in [3.05, 3.63) is 72.6 Å². The molecule has 0 saturated heterocycles. The van der Waals surface area contributed by atoms with Gasteiger partial charge in [0, 0.05) is 30.9 Å². The van der Waals surface area contributed by atoms with Crippen molar-refractivity contribution in [3.8, 4) is 11.5 Å².